The van der Waals surface area contributed by atoms with E-state index in [1.165, 1.54) is 31.2 Å². The lowest BCUT2D eigenvalue weighted by molar-refractivity contribution is -0.384. The van der Waals surface area contributed by atoms with Gasteiger partial charge in [0.2, 0.25) is 11.8 Å². The molecular weight excluding hydrogens is 756 g/mol. The Labute approximate surface area is 337 Å². The minimum atomic E-state index is -1.02. The highest BCUT2D eigenvalue weighted by molar-refractivity contribution is 5.94. The summed E-state index contributed by atoms with van der Waals surface area (Å²) in [6, 6.07) is 8.96. The quantitative estimate of drug-likeness (QED) is 0.0334. The SMILES string of the molecule is CC(=O)N[C@@H](CCCCNC(=O)OC(C)(C)C)C(=O)C[C@H](C(=O)N[C@@H](CCCNC(N)=O)C(=O)Cc1ccc(COC(=O)Oc2ccc([N+](=O)[O-])cc2)cc1)C(C)C. The van der Waals surface area contributed by atoms with Gasteiger partial charge in [0.05, 0.1) is 17.0 Å². The number of alkyl carbamates (subject to hydrolysis) is 1. The van der Waals surface area contributed by atoms with Crippen LogP contribution in [0.1, 0.15) is 91.2 Å². The number of nitrogens with two attached hydrogens (primary N) is 1. The van der Waals surface area contributed by atoms with Gasteiger partial charge in [-0.2, -0.15) is 0 Å². The van der Waals surface area contributed by atoms with Crippen molar-refractivity contribution in [2.24, 2.45) is 17.6 Å². The molecule has 5 amide bonds. The number of benzene rings is 2. The van der Waals surface area contributed by atoms with Gasteiger partial charge in [-0.15, -0.1) is 0 Å². The van der Waals surface area contributed by atoms with Crippen molar-refractivity contribution in [1.29, 1.82) is 0 Å². The molecule has 318 valence electrons. The number of carbonyl (C=O) groups is 7. The first kappa shape index (κ1) is 48.1. The molecule has 2 aromatic rings. The van der Waals surface area contributed by atoms with Crippen LogP contribution < -0.4 is 31.7 Å². The zero-order valence-corrected chi connectivity index (χ0v) is 33.9. The van der Waals surface area contributed by atoms with Crippen LogP contribution in [0.15, 0.2) is 48.5 Å². The molecule has 18 nitrogen and oxygen atoms in total. The second kappa shape index (κ2) is 23.9. The van der Waals surface area contributed by atoms with Crippen LogP contribution in [0.2, 0.25) is 0 Å². The second-order valence-electron chi connectivity index (χ2n) is 15.0. The van der Waals surface area contributed by atoms with Gasteiger partial charge in [-0.25, -0.2) is 14.4 Å². The number of rotatable bonds is 23. The summed E-state index contributed by atoms with van der Waals surface area (Å²) in [4.78, 5) is 98.4. The highest BCUT2D eigenvalue weighted by Crippen LogP contribution is 2.21. The molecule has 0 aliphatic rings. The van der Waals surface area contributed by atoms with Crippen molar-refractivity contribution in [3.05, 3.63) is 69.8 Å². The number of unbranched alkanes of at least 4 members (excludes halogenated alkanes) is 1. The number of nitro benzene ring substituents is 1. The van der Waals surface area contributed by atoms with Crippen LogP contribution in [-0.4, -0.2) is 77.4 Å². The molecule has 0 saturated carbocycles. The summed E-state index contributed by atoms with van der Waals surface area (Å²) < 4.78 is 15.4. The molecule has 0 spiro atoms. The van der Waals surface area contributed by atoms with E-state index < -0.39 is 58.6 Å². The molecule has 0 aliphatic heterocycles. The Hall–Kier alpha value is -6.07. The van der Waals surface area contributed by atoms with Gasteiger partial charge in [0.1, 0.15) is 18.0 Å². The first-order chi connectivity index (χ1) is 27.2. The monoisotopic (exact) mass is 812 g/mol. The van der Waals surface area contributed by atoms with Crippen molar-refractivity contribution >= 4 is 47.3 Å². The van der Waals surface area contributed by atoms with Crippen LogP contribution >= 0.6 is 0 Å². The number of Topliss-reactive ketones (excluding diaryl/α,β-unsaturated/α-hetero) is 2. The minimum Gasteiger partial charge on any atom is -0.444 e. The predicted octanol–water partition coefficient (Wildman–Crippen LogP) is 4.79. The summed E-state index contributed by atoms with van der Waals surface area (Å²) in [6.45, 7) is 10.4. The topological polar surface area (TPSA) is 264 Å². The van der Waals surface area contributed by atoms with Crippen LogP contribution in [0.3, 0.4) is 0 Å². The fraction of sp³-hybridized carbons (Fsp3) is 0.525. The van der Waals surface area contributed by atoms with Gasteiger partial charge >= 0.3 is 18.3 Å². The van der Waals surface area contributed by atoms with E-state index in [0.717, 1.165) is 0 Å². The molecule has 0 saturated heterocycles. The number of nitrogens with zero attached hydrogens (tertiary/aromatic N) is 1. The molecule has 0 aliphatic carbocycles. The highest BCUT2D eigenvalue weighted by atomic mass is 16.7. The van der Waals surface area contributed by atoms with Crippen molar-refractivity contribution in [3.63, 3.8) is 0 Å². The van der Waals surface area contributed by atoms with E-state index in [-0.39, 0.29) is 67.8 Å². The lowest BCUT2D eigenvalue weighted by atomic mass is 9.86. The number of carbonyl (C=O) groups excluding carboxylic acids is 7. The van der Waals surface area contributed by atoms with Gasteiger partial charge in [0, 0.05) is 50.9 Å². The number of non-ortho nitro benzene ring substituents is 1. The van der Waals surface area contributed by atoms with Gasteiger partial charge in [-0.3, -0.25) is 29.3 Å². The number of nitrogens with one attached hydrogen (secondary N) is 4. The average Bonchev–Trinajstić information content (AvgIpc) is 3.13. The van der Waals surface area contributed by atoms with Crippen LogP contribution in [0.4, 0.5) is 20.1 Å². The Morgan fingerprint density at radius 1 is 0.793 bits per heavy atom. The Balaban J connectivity index is 2.04. The molecule has 0 radical (unpaired) electrons. The molecule has 0 heterocycles. The van der Waals surface area contributed by atoms with Gasteiger partial charge < -0.3 is 41.2 Å². The maximum Gasteiger partial charge on any atom is 0.514 e. The number of hydrogen-bond donors (Lipinski definition) is 5. The zero-order valence-electron chi connectivity index (χ0n) is 33.9. The molecule has 0 aromatic heterocycles. The number of ketones is 2. The average molecular weight is 813 g/mol. The van der Waals surface area contributed by atoms with Crippen LogP contribution in [0, 0.1) is 22.0 Å². The summed E-state index contributed by atoms with van der Waals surface area (Å²) in [6.07, 6.45) is -0.0774. The van der Waals surface area contributed by atoms with Gasteiger partial charge in [0.15, 0.2) is 11.6 Å². The van der Waals surface area contributed by atoms with Crippen molar-refractivity contribution in [3.8, 4) is 5.75 Å². The summed E-state index contributed by atoms with van der Waals surface area (Å²) >= 11 is 0. The Kier molecular flexibility index (Phi) is 19.8. The smallest absolute Gasteiger partial charge is 0.444 e. The molecule has 0 bridgehead atoms. The van der Waals surface area contributed by atoms with Crippen LogP contribution in [0.25, 0.3) is 0 Å². The Bertz CT molecular complexity index is 1720. The Morgan fingerprint density at radius 2 is 1.38 bits per heavy atom. The van der Waals surface area contributed by atoms with Crippen molar-refractivity contribution < 1.29 is 52.7 Å². The van der Waals surface area contributed by atoms with E-state index in [4.69, 9.17) is 19.9 Å². The number of hydrogen-bond acceptors (Lipinski definition) is 12. The van der Waals surface area contributed by atoms with E-state index in [0.29, 0.717) is 36.9 Å². The van der Waals surface area contributed by atoms with Crippen LogP contribution in [0.5, 0.6) is 5.75 Å². The predicted molar refractivity (Wildman–Crippen MR) is 211 cm³/mol. The lowest BCUT2D eigenvalue weighted by Gasteiger charge is -2.26. The molecule has 0 fully saturated rings. The first-order valence-electron chi connectivity index (χ1n) is 19.0. The van der Waals surface area contributed by atoms with Gasteiger partial charge in [-0.1, -0.05) is 38.1 Å². The van der Waals surface area contributed by atoms with Gasteiger partial charge in [-0.05, 0) is 82.1 Å². The van der Waals surface area contributed by atoms with E-state index >= 15 is 0 Å². The number of amides is 5. The van der Waals surface area contributed by atoms with Crippen molar-refractivity contribution in [2.75, 3.05) is 13.1 Å². The van der Waals surface area contributed by atoms with E-state index in [1.54, 1.807) is 58.9 Å². The summed E-state index contributed by atoms with van der Waals surface area (Å²) in [5, 5.41) is 21.4. The molecular formula is C40H56N6O12. The molecule has 2 rings (SSSR count). The van der Waals surface area contributed by atoms with Crippen molar-refractivity contribution in [2.45, 2.75) is 111 Å². The summed E-state index contributed by atoms with van der Waals surface area (Å²) in [5.41, 5.74) is 5.56. The summed E-state index contributed by atoms with van der Waals surface area (Å²) in [7, 11) is 0. The van der Waals surface area contributed by atoms with Crippen molar-refractivity contribution in [1.82, 2.24) is 21.3 Å². The third kappa shape index (κ3) is 19.2. The number of nitro groups is 1. The number of primary amides is 1. The van der Waals surface area contributed by atoms with E-state index in [1.807, 2.05) is 0 Å². The minimum absolute atomic E-state index is 0.0650. The molecule has 58 heavy (non-hydrogen) atoms. The first-order valence-corrected chi connectivity index (χ1v) is 19.0. The largest absolute Gasteiger partial charge is 0.514 e. The Morgan fingerprint density at radius 3 is 1.95 bits per heavy atom. The molecule has 0 unspecified atom stereocenters. The standard InChI is InChI=1S/C40H56N6O12/c1-25(2)31(23-35(49)32(44-26(3)47)10-7-8-20-43-38(52)58-40(4,5)6)36(50)45-33(11-9-21-42-37(41)51)34(48)22-27-12-14-28(15-13-27)24-56-39(53)57-30-18-16-29(17-19-30)46(54)55/h12-19,25,31-33H,7-11,20-24H2,1-6H3,(H,43,52)(H,44,47)(H,45,50)(H3,41,42,51)/t31-,32-,33-/m0/s1. The number of urea groups is 1. The van der Waals surface area contributed by atoms with E-state index in [2.05, 4.69) is 21.3 Å². The normalized spacial score (nSPS) is 12.6. The second-order valence-corrected chi connectivity index (χ2v) is 15.0. The fourth-order valence-corrected chi connectivity index (χ4v) is 5.62. The molecule has 6 N–H and O–H groups in total. The third-order valence-electron chi connectivity index (χ3n) is 8.60. The maximum absolute atomic E-state index is 13.7. The van der Waals surface area contributed by atoms with Crippen LogP contribution in [-0.2, 0) is 41.7 Å². The molecule has 18 heteroatoms. The summed E-state index contributed by atoms with van der Waals surface area (Å²) in [5.74, 6) is -2.67. The maximum atomic E-state index is 13.7. The van der Waals surface area contributed by atoms with Gasteiger partial charge in [0.25, 0.3) is 5.69 Å². The molecule has 3 atom stereocenters. The fourth-order valence-electron chi connectivity index (χ4n) is 5.62. The van der Waals surface area contributed by atoms with E-state index in [9.17, 15) is 43.7 Å². The molecule has 2 aromatic carbocycles. The number of ether oxygens (including phenoxy) is 3. The third-order valence-corrected chi connectivity index (χ3v) is 8.60. The highest BCUT2D eigenvalue weighted by Gasteiger charge is 2.32. The lowest BCUT2D eigenvalue weighted by Crippen LogP contribution is -2.47. The zero-order chi connectivity index (χ0) is 43.4.